The second kappa shape index (κ2) is 4.82. The van der Waals surface area contributed by atoms with Crippen LogP contribution >= 0.6 is 0 Å². The molecule has 0 amide bonds. The van der Waals surface area contributed by atoms with Crippen LogP contribution in [0.3, 0.4) is 0 Å². The molecule has 0 fully saturated rings. The predicted molar refractivity (Wildman–Crippen MR) is 67.2 cm³/mol. The fourth-order valence-corrected chi connectivity index (χ4v) is 1.65. The Morgan fingerprint density at radius 3 is 2.76 bits per heavy atom. The molecule has 2 rings (SSSR count). The van der Waals surface area contributed by atoms with Crippen molar-refractivity contribution in [3.63, 3.8) is 0 Å². The summed E-state index contributed by atoms with van der Waals surface area (Å²) in [5.74, 6) is -0.316. The molecule has 0 aliphatic carbocycles. The summed E-state index contributed by atoms with van der Waals surface area (Å²) in [5, 5.41) is 0. The number of benzene rings is 1. The Bertz CT molecular complexity index is 499. The summed E-state index contributed by atoms with van der Waals surface area (Å²) in [4.78, 5) is 6.01. The van der Waals surface area contributed by atoms with Crippen molar-refractivity contribution in [1.82, 2.24) is 4.98 Å². The van der Waals surface area contributed by atoms with Gasteiger partial charge in [0.15, 0.2) is 0 Å². The number of hydrogen-bond donors (Lipinski definition) is 1. The van der Waals surface area contributed by atoms with Crippen LogP contribution in [-0.4, -0.2) is 12.0 Å². The van der Waals surface area contributed by atoms with E-state index in [-0.39, 0.29) is 5.82 Å². The largest absolute Gasteiger partial charge is 0.399 e. The maximum atomic E-state index is 13.7. The second-order valence-corrected chi connectivity index (χ2v) is 3.89. The maximum absolute atomic E-state index is 13.7. The van der Waals surface area contributed by atoms with Gasteiger partial charge in [-0.25, -0.2) is 4.39 Å². The summed E-state index contributed by atoms with van der Waals surface area (Å²) in [6.07, 6.45) is 1.72. The average Bonchev–Trinajstić information content (AvgIpc) is 2.30. The molecule has 0 atom stereocenters. The lowest BCUT2D eigenvalue weighted by molar-refractivity contribution is 0.622. The second-order valence-electron chi connectivity index (χ2n) is 3.89. The molecule has 0 aliphatic rings. The highest BCUT2D eigenvalue weighted by molar-refractivity contribution is 5.54. The number of nitrogen functional groups attached to an aromatic ring is 1. The van der Waals surface area contributed by atoms with Crippen LogP contribution in [0.1, 0.15) is 5.69 Å². The Labute approximate surface area is 99.7 Å². The molecule has 17 heavy (non-hydrogen) atoms. The summed E-state index contributed by atoms with van der Waals surface area (Å²) >= 11 is 0. The van der Waals surface area contributed by atoms with Crippen LogP contribution < -0.4 is 10.6 Å². The summed E-state index contributed by atoms with van der Waals surface area (Å²) in [6, 6.07) is 10.4. The minimum atomic E-state index is -0.316. The van der Waals surface area contributed by atoms with E-state index in [4.69, 9.17) is 5.73 Å². The van der Waals surface area contributed by atoms with Gasteiger partial charge in [0.25, 0.3) is 0 Å². The SMILES string of the molecule is CN(Cc1ccccn1)c1ccc(N)cc1F. The Morgan fingerprint density at radius 2 is 2.12 bits per heavy atom. The van der Waals surface area contributed by atoms with Crippen molar-refractivity contribution in [2.75, 3.05) is 17.7 Å². The third-order valence-electron chi connectivity index (χ3n) is 2.51. The smallest absolute Gasteiger partial charge is 0.148 e. The van der Waals surface area contributed by atoms with Crippen molar-refractivity contribution >= 4 is 11.4 Å². The molecule has 2 N–H and O–H groups in total. The van der Waals surface area contributed by atoms with Crippen molar-refractivity contribution in [1.29, 1.82) is 0 Å². The average molecular weight is 231 g/mol. The van der Waals surface area contributed by atoms with Crippen LogP contribution in [0, 0.1) is 5.82 Å². The number of halogens is 1. The molecule has 0 unspecified atom stereocenters. The molecular weight excluding hydrogens is 217 g/mol. The maximum Gasteiger partial charge on any atom is 0.148 e. The first-order chi connectivity index (χ1) is 8.16. The van der Waals surface area contributed by atoms with Crippen LogP contribution in [0.15, 0.2) is 42.6 Å². The molecule has 4 heteroatoms. The zero-order valence-electron chi connectivity index (χ0n) is 9.60. The zero-order valence-corrected chi connectivity index (χ0v) is 9.60. The fourth-order valence-electron chi connectivity index (χ4n) is 1.65. The first kappa shape index (κ1) is 11.4. The van der Waals surface area contributed by atoms with E-state index in [0.717, 1.165) is 5.69 Å². The lowest BCUT2D eigenvalue weighted by Gasteiger charge is -2.19. The lowest BCUT2D eigenvalue weighted by atomic mass is 10.2. The topological polar surface area (TPSA) is 42.2 Å². The van der Waals surface area contributed by atoms with Gasteiger partial charge in [-0.05, 0) is 30.3 Å². The number of anilines is 2. The van der Waals surface area contributed by atoms with Crippen molar-refractivity contribution in [2.45, 2.75) is 6.54 Å². The Hall–Kier alpha value is -2.10. The first-order valence-corrected chi connectivity index (χ1v) is 5.33. The quantitative estimate of drug-likeness (QED) is 0.825. The summed E-state index contributed by atoms with van der Waals surface area (Å²) in [7, 11) is 1.82. The van der Waals surface area contributed by atoms with Gasteiger partial charge in [0, 0.05) is 18.9 Å². The van der Waals surface area contributed by atoms with Gasteiger partial charge in [0.1, 0.15) is 5.82 Å². The van der Waals surface area contributed by atoms with Crippen LogP contribution in [0.2, 0.25) is 0 Å². The van der Waals surface area contributed by atoms with E-state index in [2.05, 4.69) is 4.98 Å². The molecule has 88 valence electrons. The van der Waals surface area contributed by atoms with Gasteiger partial charge >= 0.3 is 0 Å². The molecule has 0 bridgehead atoms. The molecule has 0 aliphatic heterocycles. The highest BCUT2D eigenvalue weighted by atomic mass is 19.1. The normalized spacial score (nSPS) is 10.2. The highest BCUT2D eigenvalue weighted by Gasteiger charge is 2.08. The van der Waals surface area contributed by atoms with Crippen molar-refractivity contribution in [3.8, 4) is 0 Å². The Kier molecular flexibility index (Phi) is 3.23. The summed E-state index contributed by atoms with van der Waals surface area (Å²) < 4.78 is 13.7. The molecule has 1 heterocycles. The van der Waals surface area contributed by atoms with Gasteiger partial charge in [-0.15, -0.1) is 0 Å². The van der Waals surface area contributed by atoms with E-state index in [1.807, 2.05) is 25.2 Å². The van der Waals surface area contributed by atoms with E-state index in [1.54, 1.807) is 23.2 Å². The number of nitrogens with zero attached hydrogens (tertiary/aromatic N) is 2. The molecule has 3 nitrogen and oxygen atoms in total. The van der Waals surface area contributed by atoms with Gasteiger partial charge < -0.3 is 10.6 Å². The van der Waals surface area contributed by atoms with E-state index in [1.165, 1.54) is 6.07 Å². The zero-order chi connectivity index (χ0) is 12.3. The van der Waals surface area contributed by atoms with Gasteiger partial charge in [-0.1, -0.05) is 6.07 Å². The monoisotopic (exact) mass is 231 g/mol. The van der Waals surface area contributed by atoms with Gasteiger partial charge in [-0.3, -0.25) is 4.98 Å². The van der Waals surface area contributed by atoms with Crippen molar-refractivity contribution < 1.29 is 4.39 Å². The number of pyridine rings is 1. The fraction of sp³-hybridized carbons (Fsp3) is 0.154. The number of nitrogens with two attached hydrogens (primary N) is 1. The van der Waals surface area contributed by atoms with Crippen LogP contribution in [0.4, 0.5) is 15.8 Å². The standard InChI is InChI=1S/C13H14FN3/c1-17(9-11-4-2-3-7-16-11)13-6-5-10(15)8-12(13)14/h2-8H,9,15H2,1H3. The lowest BCUT2D eigenvalue weighted by Crippen LogP contribution is -2.18. The van der Waals surface area contributed by atoms with Gasteiger partial charge in [0.05, 0.1) is 17.9 Å². The van der Waals surface area contributed by atoms with Crippen LogP contribution in [0.5, 0.6) is 0 Å². The first-order valence-electron chi connectivity index (χ1n) is 5.33. The predicted octanol–water partition coefficient (Wildman–Crippen LogP) is 2.44. The molecule has 0 saturated heterocycles. The molecule has 0 saturated carbocycles. The third kappa shape index (κ3) is 2.72. The highest BCUT2D eigenvalue weighted by Crippen LogP contribution is 2.21. The van der Waals surface area contributed by atoms with E-state index in [0.29, 0.717) is 17.9 Å². The molecule has 1 aromatic heterocycles. The molecule has 1 aromatic carbocycles. The van der Waals surface area contributed by atoms with E-state index < -0.39 is 0 Å². The minimum absolute atomic E-state index is 0.316. The van der Waals surface area contributed by atoms with Crippen molar-refractivity contribution in [2.24, 2.45) is 0 Å². The number of aromatic nitrogens is 1. The van der Waals surface area contributed by atoms with Crippen LogP contribution in [0.25, 0.3) is 0 Å². The summed E-state index contributed by atoms with van der Waals surface area (Å²) in [5.41, 5.74) is 7.35. The van der Waals surface area contributed by atoms with Gasteiger partial charge in [-0.2, -0.15) is 0 Å². The van der Waals surface area contributed by atoms with E-state index in [9.17, 15) is 4.39 Å². The van der Waals surface area contributed by atoms with Crippen molar-refractivity contribution in [3.05, 3.63) is 54.1 Å². The van der Waals surface area contributed by atoms with Gasteiger partial charge in [0.2, 0.25) is 0 Å². The number of rotatable bonds is 3. The number of hydrogen-bond acceptors (Lipinski definition) is 3. The van der Waals surface area contributed by atoms with E-state index >= 15 is 0 Å². The summed E-state index contributed by atoms with van der Waals surface area (Å²) in [6.45, 7) is 0.557. The molecule has 2 aromatic rings. The Balaban J connectivity index is 2.17. The van der Waals surface area contributed by atoms with Crippen LogP contribution in [-0.2, 0) is 6.54 Å². The Morgan fingerprint density at radius 1 is 1.29 bits per heavy atom. The third-order valence-corrected chi connectivity index (χ3v) is 2.51. The molecule has 0 spiro atoms. The minimum Gasteiger partial charge on any atom is -0.399 e. The molecule has 0 radical (unpaired) electrons. The molecular formula is C13H14FN3.